The molecule has 4 rings (SSSR count). The van der Waals surface area contributed by atoms with Gasteiger partial charge in [0.2, 0.25) is 12.2 Å². The quantitative estimate of drug-likeness (QED) is 0.290. The number of carboxylic acids is 1. The number of aliphatic hydroxyl groups is 1. The number of rotatable bonds is 9. The molecule has 2 aromatic carbocycles. The third-order valence-corrected chi connectivity index (χ3v) is 5.63. The van der Waals surface area contributed by atoms with Crippen LogP contribution >= 0.6 is 0 Å². The predicted molar refractivity (Wildman–Crippen MR) is 130 cm³/mol. The third-order valence-electron chi connectivity index (χ3n) is 5.63. The molecule has 2 heterocycles. The highest BCUT2D eigenvalue weighted by atomic mass is 19.4. The minimum Gasteiger partial charge on any atom is -0.482 e. The summed E-state index contributed by atoms with van der Waals surface area (Å²) < 4.78 is 41.5. The standard InChI is InChI=1S/C23H25N3O7.C2HF3O/c27-16-6-7-26(11-16)12-19(15-2-1-3-17(10-15)32-13-22(29)30)24-21(28)9-14-4-5-20-18(8-14)25-23(31)33-20;3-2(4,5)1-6/h1-5,8,10,16,19,27H,6-7,9,11-13H2,(H,24,28)(H,25,31)(H,29,30);1H/t16-,19?;/m0./s1. The molecule has 1 aliphatic rings. The van der Waals surface area contributed by atoms with Crippen LogP contribution < -0.4 is 15.8 Å². The summed E-state index contributed by atoms with van der Waals surface area (Å²) in [7, 11) is 0. The molecule has 2 atom stereocenters. The fraction of sp³-hybridized carbons (Fsp3) is 0.360. The van der Waals surface area contributed by atoms with Crippen molar-refractivity contribution in [3.05, 3.63) is 64.1 Å². The molecule has 0 spiro atoms. The van der Waals surface area contributed by atoms with Crippen molar-refractivity contribution in [1.29, 1.82) is 0 Å². The molecule has 1 saturated heterocycles. The van der Waals surface area contributed by atoms with Gasteiger partial charge in [-0.05, 0) is 41.8 Å². The second-order valence-electron chi connectivity index (χ2n) is 8.76. The first-order chi connectivity index (χ1) is 18.4. The Morgan fingerprint density at radius 3 is 2.64 bits per heavy atom. The Labute approximate surface area is 219 Å². The number of aromatic amines is 1. The van der Waals surface area contributed by atoms with Crippen molar-refractivity contribution >= 4 is 29.3 Å². The zero-order valence-electron chi connectivity index (χ0n) is 20.4. The molecule has 1 unspecified atom stereocenters. The fourth-order valence-electron chi connectivity index (χ4n) is 3.98. The zero-order valence-corrected chi connectivity index (χ0v) is 20.4. The van der Waals surface area contributed by atoms with Crippen LogP contribution in [0.5, 0.6) is 5.75 Å². The number of aliphatic hydroxyl groups excluding tert-OH is 1. The molecule has 0 saturated carbocycles. The van der Waals surface area contributed by atoms with Gasteiger partial charge in [0, 0.05) is 19.6 Å². The molecule has 1 amide bonds. The van der Waals surface area contributed by atoms with E-state index in [-0.39, 0.29) is 12.3 Å². The van der Waals surface area contributed by atoms with Gasteiger partial charge in [-0.15, -0.1) is 0 Å². The van der Waals surface area contributed by atoms with Crippen LogP contribution in [-0.2, 0) is 20.8 Å². The highest BCUT2D eigenvalue weighted by molar-refractivity contribution is 5.81. The number of carbonyl (C=O) groups excluding carboxylic acids is 2. The molecule has 0 aliphatic carbocycles. The van der Waals surface area contributed by atoms with Gasteiger partial charge < -0.3 is 24.7 Å². The molecule has 39 heavy (non-hydrogen) atoms. The van der Waals surface area contributed by atoms with Gasteiger partial charge in [0.15, 0.2) is 12.2 Å². The molecule has 4 N–H and O–H groups in total. The number of H-pyrrole nitrogens is 1. The molecule has 1 aromatic heterocycles. The first-order valence-electron chi connectivity index (χ1n) is 11.7. The van der Waals surface area contributed by atoms with Gasteiger partial charge in [-0.1, -0.05) is 18.2 Å². The topological polar surface area (TPSA) is 162 Å². The molecule has 0 radical (unpaired) electrons. The van der Waals surface area contributed by atoms with E-state index in [9.17, 15) is 32.7 Å². The molecule has 0 bridgehead atoms. The second-order valence-corrected chi connectivity index (χ2v) is 8.76. The lowest BCUT2D eigenvalue weighted by Crippen LogP contribution is -2.38. The molecule has 3 aromatic rings. The Morgan fingerprint density at radius 1 is 1.26 bits per heavy atom. The number of benzene rings is 2. The van der Waals surface area contributed by atoms with Gasteiger partial charge in [0.1, 0.15) is 5.75 Å². The van der Waals surface area contributed by atoms with Crippen molar-refractivity contribution in [3.8, 4) is 5.75 Å². The summed E-state index contributed by atoms with van der Waals surface area (Å²) in [6.45, 7) is 1.26. The van der Waals surface area contributed by atoms with Crippen molar-refractivity contribution in [2.24, 2.45) is 0 Å². The van der Waals surface area contributed by atoms with Crippen LogP contribution in [0.25, 0.3) is 11.1 Å². The Morgan fingerprint density at radius 2 is 2.00 bits per heavy atom. The van der Waals surface area contributed by atoms with Gasteiger partial charge in [-0.25, -0.2) is 9.59 Å². The van der Waals surface area contributed by atoms with Crippen LogP contribution in [0.15, 0.2) is 51.7 Å². The van der Waals surface area contributed by atoms with E-state index in [4.69, 9.17) is 19.1 Å². The number of hydrogen-bond acceptors (Lipinski definition) is 8. The summed E-state index contributed by atoms with van der Waals surface area (Å²) in [5.74, 6) is -1.46. The molecular weight excluding hydrogens is 527 g/mol. The summed E-state index contributed by atoms with van der Waals surface area (Å²) in [6, 6.07) is 11.6. The number of fused-ring (bicyclic) bond motifs is 1. The smallest absolute Gasteiger partial charge is 0.446 e. The number of likely N-dealkylation sites (tertiary alicyclic amines) is 1. The maximum atomic E-state index is 12.9. The highest BCUT2D eigenvalue weighted by Crippen LogP contribution is 2.23. The fourth-order valence-corrected chi connectivity index (χ4v) is 3.98. The van der Waals surface area contributed by atoms with Gasteiger partial charge in [0.25, 0.3) is 0 Å². The molecule has 1 aliphatic heterocycles. The summed E-state index contributed by atoms with van der Waals surface area (Å²) in [5.41, 5.74) is 2.43. The third kappa shape index (κ3) is 9.57. The Balaban J connectivity index is 0.000000631. The van der Waals surface area contributed by atoms with Gasteiger partial charge in [0.05, 0.1) is 24.1 Å². The summed E-state index contributed by atoms with van der Waals surface area (Å²) in [4.78, 5) is 48.4. The molecule has 1 fully saturated rings. The van der Waals surface area contributed by atoms with E-state index in [1.807, 2.05) is 6.07 Å². The number of aliphatic carboxylic acids is 1. The lowest BCUT2D eigenvalue weighted by atomic mass is 10.0. The Bertz CT molecular complexity index is 1350. The number of hydrogen-bond donors (Lipinski definition) is 4. The van der Waals surface area contributed by atoms with Crippen molar-refractivity contribution in [2.75, 3.05) is 26.2 Å². The van der Waals surface area contributed by atoms with E-state index < -0.39 is 42.9 Å². The number of oxazole rings is 1. The number of nitrogens with zero attached hydrogens (tertiary/aromatic N) is 1. The average Bonchev–Trinajstić information content (AvgIpc) is 3.45. The van der Waals surface area contributed by atoms with E-state index in [0.29, 0.717) is 48.5 Å². The maximum absolute atomic E-state index is 12.9. The lowest BCUT2D eigenvalue weighted by Gasteiger charge is -2.25. The number of amides is 1. The minimum atomic E-state index is -4.64. The van der Waals surface area contributed by atoms with Crippen molar-refractivity contribution in [3.63, 3.8) is 0 Å². The number of nitrogens with one attached hydrogen (secondary N) is 2. The van der Waals surface area contributed by atoms with E-state index in [1.54, 1.807) is 36.4 Å². The average molecular weight is 553 g/mol. The van der Waals surface area contributed by atoms with Crippen LogP contribution in [0.3, 0.4) is 0 Å². The van der Waals surface area contributed by atoms with Gasteiger partial charge in [-0.2, -0.15) is 13.2 Å². The number of carbonyl (C=O) groups is 3. The largest absolute Gasteiger partial charge is 0.482 e. The number of carboxylic acid groups (broad SMARTS) is 1. The van der Waals surface area contributed by atoms with Crippen LogP contribution in [0.4, 0.5) is 13.2 Å². The van der Waals surface area contributed by atoms with Crippen LogP contribution in [0.1, 0.15) is 23.6 Å². The number of aromatic nitrogens is 1. The van der Waals surface area contributed by atoms with Crippen molar-refractivity contribution in [1.82, 2.24) is 15.2 Å². The zero-order chi connectivity index (χ0) is 28.6. The molecule has 14 heteroatoms. The lowest BCUT2D eigenvalue weighted by molar-refractivity contribution is -0.156. The normalized spacial score (nSPS) is 16.3. The van der Waals surface area contributed by atoms with Crippen LogP contribution in [0.2, 0.25) is 0 Å². The summed E-state index contributed by atoms with van der Waals surface area (Å²) in [5, 5.41) is 21.8. The number of alkyl halides is 3. The SMILES string of the molecule is O=C(O)COc1cccc(C(CN2CC[C@H](O)C2)NC(=O)Cc2ccc3oc(=O)[nH]c3c2)c1.O=CC(F)(F)F. The van der Waals surface area contributed by atoms with Gasteiger partial charge >= 0.3 is 17.9 Å². The van der Waals surface area contributed by atoms with Crippen molar-refractivity contribution in [2.45, 2.75) is 31.2 Å². The maximum Gasteiger partial charge on any atom is 0.446 e. The minimum absolute atomic E-state index is 0.0947. The number of ether oxygens (including phenoxy) is 1. The van der Waals surface area contributed by atoms with E-state index in [0.717, 1.165) is 5.56 Å². The second kappa shape index (κ2) is 13.1. The number of halogens is 3. The van der Waals surface area contributed by atoms with E-state index >= 15 is 0 Å². The first kappa shape index (κ1) is 29.4. The summed E-state index contributed by atoms with van der Waals surface area (Å²) >= 11 is 0. The Hall–Kier alpha value is -4.17. The van der Waals surface area contributed by atoms with Crippen LogP contribution in [0, 0.1) is 0 Å². The number of aldehydes is 1. The van der Waals surface area contributed by atoms with Gasteiger partial charge in [-0.3, -0.25) is 19.5 Å². The molecular formula is C25H26F3N3O8. The predicted octanol–water partition coefficient (Wildman–Crippen LogP) is 1.80. The molecule has 210 valence electrons. The Kier molecular flexibility index (Phi) is 9.84. The van der Waals surface area contributed by atoms with E-state index in [1.165, 1.54) is 0 Å². The first-order valence-corrected chi connectivity index (χ1v) is 11.7. The monoisotopic (exact) mass is 553 g/mol. The summed E-state index contributed by atoms with van der Waals surface area (Å²) in [6.07, 6.45) is -5.33. The van der Waals surface area contributed by atoms with Crippen LogP contribution in [-0.4, -0.2) is 76.8 Å². The highest BCUT2D eigenvalue weighted by Gasteiger charge is 2.26. The van der Waals surface area contributed by atoms with Crippen molar-refractivity contribution < 1.29 is 46.9 Å². The number of β-amino-alcohol motifs (C(OH)–C–C–N with tert-alkyl or cyclic N) is 1. The molecule has 11 nitrogen and oxygen atoms in total. The van der Waals surface area contributed by atoms with E-state index in [2.05, 4.69) is 15.2 Å².